The molecule has 5 nitrogen and oxygen atoms in total. The average Bonchev–Trinajstić information content (AvgIpc) is 3.21. The van der Waals surface area contributed by atoms with Crippen molar-refractivity contribution in [3.05, 3.63) is 29.3 Å². The van der Waals surface area contributed by atoms with Crippen molar-refractivity contribution < 1.29 is 54.4 Å². The molecule has 118 valence electrons. The van der Waals surface area contributed by atoms with Crippen LogP contribution in [0.25, 0.3) is 0 Å². The van der Waals surface area contributed by atoms with Crippen molar-refractivity contribution in [3.8, 4) is 5.75 Å². The summed E-state index contributed by atoms with van der Waals surface area (Å²) in [6.45, 7) is 0.957. The molecule has 1 atom stereocenters. The number of rotatable bonds is 9. The Hall–Kier alpha value is -0.300. The number of epoxide rings is 1. The van der Waals surface area contributed by atoms with Crippen molar-refractivity contribution >= 4 is 17.6 Å². The molecular formula is C15H20ClNaO5. The van der Waals surface area contributed by atoms with Crippen molar-refractivity contribution in [3.63, 3.8) is 0 Å². The van der Waals surface area contributed by atoms with Crippen LogP contribution in [0.3, 0.4) is 0 Å². The number of hydrogen-bond acceptors (Lipinski definition) is 4. The molecule has 1 aliphatic rings. The first kappa shape index (κ1) is 21.7. The molecule has 0 radical (unpaired) electrons. The molecule has 0 spiro atoms. The smallest absolute Gasteiger partial charge is 0.547 e. The summed E-state index contributed by atoms with van der Waals surface area (Å²) >= 11 is 5.78. The average molecular weight is 339 g/mol. The van der Waals surface area contributed by atoms with E-state index in [0.29, 0.717) is 24.7 Å². The van der Waals surface area contributed by atoms with Gasteiger partial charge in [0.05, 0.1) is 19.2 Å². The Morgan fingerprint density at radius 2 is 1.82 bits per heavy atom. The van der Waals surface area contributed by atoms with E-state index in [4.69, 9.17) is 21.1 Å². The van der Waals surface area contributed by atoms with E-state index in [2.05, 4.69) is 0 Å². The van der Waals surface area contributed by atoms with Crippen molar-refractivity contribution in [2.45, 2.75) is 37.7 Å². The molecule has 1 aliphatic heterocycles. The van der Waals surface area contributed by atoms with E-state index in [1.807, 2.05) is 12.1 Å². The van der Waals surface area contributed by atoms with E-state index in [1.54, 1.807) is 12.1 Å². The standard InChI is InChI=1S/C15H19ClO4.Na.H2O/c16-12-5-7-13(8-6-12)19-10-4-2-1-3-9-15(11-20-15)14(17)18;;/h5-8H,1-4,9-11H2,(H,17,18);;1H2/q;+1;/p-1. The zero-order valence-electron chi connectivity index (χ0n) is 12.8. The van der Waals surface area contributed by atoms with Gasteiger partial charge in [-0.2, -0.15) is 0 Å². The fourth-order valence-corrected chi connectivity index (χ4v) is 2.16. The minimum Gasteiger partial charge on any atom is -0.547 e. The van der Waals surface area contributed by atoms with Crippen LogP contribution in [-0.2, 0) is 9.53 Å². The van der Waals surface area contributed by atoms with E-state index in [-0.39, 0.29) is 35.0 Å². The molecule has 1 fully saturated rings. The van der Waals surface area contributed by atoms with Gasteiger partial charge in [-0.15, -0.1) is 0 Å². The van der Waals surface area contributed by atoms with Crippen molar-refractivity contribution in [2.24, 2.45) is 0 Å². The van der Waals surface area contributed by atoms with Gasteiger partial charge < -0.3 is 24.9 Å². The van der Waals surface area contributed by atoms with Gasteiger partial charge in [-0.3, -0.25) is 0 Å². The summed E-state index contributed by atoms with van der Waals surface area (Å²) in [7, 11) is 0. The first-order valence-electron chi connectivity index (χ1n) is 6.86. The SMILES string of the molecule is O.O=C([O-])C1(CCCCCCOc2ccc(Cl)cc2)CO1.[Na+]. The minimum absolute atomic E-state index is 0. The summed E-state index contributed by atoms with van der Waals surface area (Å²) < 4.78 is 10.5. The first-order chi connectivity index (χ1) is 9.62. The molecule has 0 saturated carbocycles. The van der Waals surface area contributed by atoms with Gasteiger partial charge in [0.2, 0.25) is 0 Å². The van der Waals surface area contributed by atoms with Crippen LogP contribution >= 0.6 is 11.6 Å². The normalized spacial score (nSPS) is 18.8. The maximum atomic E-state index is 10.8. The second-order valence-corrected chi connectivity index (χ2v) is 5.47. The quantitative estimate of drug-likeness (QED) is 0.307. The molecular weight excluding hydrogens is 319 g/mol. The van der Waals surface area contributed by atoms with Crippen LogP contribution in [0.5, 0.6) is 5.75 Å². The summed E-state index contributed by atoms with van der Waals surface area (Å²) in [4.78, 5) is 10.8. The number of carboxylic acids is 1. The van der Waals surface area contributed by atoms with Crippen LogP contribution < -0.4 is 39.4 Å². The first-order valence-corrected chi connectivity index (χ1v) is 7.24. The van der Waals surface area contributed by atoms with E-state index < -0.39 is 11.6 Å². The maximum absolute atomic E-state index is 10.8. The Kier molecular flexibility index (Phi) is 10.3. The van der Waals surface area contributed by atoms with Crippen molar-refractivity contribution in [1.29, 1.82) is 0 Å². The number of carbonyl (C=O) groups is 1. The predicted octanol–water partition coefficient (Wildman–Crippen LogP) is -1.63. The monoisotopic (exact) mass is 338 g/mol. The molecule has 0 amide bonds. The fourth-order valence-electron chi connectivity index (χ4n) is 2.04. The van der Waals surface area contributed by atoms with Gasteiger partial charge in [-0.05, 0) is 37.1 Å². The third kappa shape index (κ3) is 6.86. The molecule has 0 aliphatic carbocycles. The van der Waals surface area contributed by atoms with Gasteiger partial charge in [0.1, 0.15) is 11.4 Å². The van der Waals surface area contributed by atoms with Crippen molar-refractivity contribution in [2.75, 3.05) is 13.2 Å². The van der Waals surface area contributed by atoms with Gasteiger partial charge >= 0.3 is 29.6 Å². The number of halogens is 1. The molecule has 2 N–H and O–H groups in total. The zero-order chi connectivity index (χ0) is 14.4. The number of carboxylic acid groups (broad SMARTS) is 1. The van der Waals surface area contributed by atoms with E-state index in [1.165, 1.54) is 0 Å². The Labute approximate surface area is 157 Å². The van der Waals surface area contributed by atoms with E-state index in [9.17, 15) is 9.90 Å². The molecule has 2 rings (SSSR count). The number of unbranched alkanes of at least 4 members (excludes halogenated alkanes) is 3. The summed E-state index contributed by atoms with van der Waals surface area (Å²) in [5, 5.41) is 11.5. The third-order valence-electron chi connectivity index (χ3n) is 3.42. The Bertz CT molecular complexity index is 448. The van der Waals surface area contributed by atoms with Crippen LogP contribution in [0.1, 0.15) is 32.1 Å². The van der Waals surface area contributed by atoms with Crippen molar-refractivity contribution in [1.82, 2.24) is 0 Å². The summed E-state index contributed by atoms with van der Waals surface area (Å²) in [6.07, 6.45) is 4.32. The molecule has 7 heteroatoms. The molecule has 1 aromatic carbocycles. The molecule has 0 aromatic heterocycles. The van der Waals surface area contributed by atoms with Crippen LogP contribution in [-0.4, -0.2) is 30.3 Å². The molecule has 22 heavy (non-hydrogen) atoms. The number of ether oxygens (including phenoxy) is 2. The van der Waals surface area contributed by atoms with Gasteiger partial charge in [0.15, 0.2) is 0 Å². The Morgan fingerprint density at radius 1 is 1.23 bits per heavy atom. The summed E-state index contributed by atoms with van der Waals surface area (Å²) in [5.41, 5.74) is -0.972. The molecule has 1 aromatic rings. The molecule has 1 saturated heterocycles. The topological polar surface area (TPSA) is 93.4 Å². The predicted molar refractivity (Wildman–Crippen MR) is 77.3 cm³/mol. The van der Waals surface area contributed by atoms with Crippen LogP contribution in [0.4, 0.5) is 0 Å². The van der Waals surface area contributed by atoms with Gasteiger partial charge in [0.25, 0.3) is 0 Å². The second-order valence-electron chi connectivity index (χ2n) is 5.04. The largest absolute Gasteiger partial charge is 1.00 e. The fraction of sp³-hybridized carbons (Fsp3) is 0.533. The van der Waals surface area contributed by atoms with Crippen LogP contribution in [0.15, 0.2) is 24.3 Å². The van der Waals surface area contributed by atoms with Gasteiger partial charge in [-0.25, -0.2) is 0 Å². The Balaban J connectivity index is 0.00000220. The summed E-state index contributed by atoms with van der Waals surface area (Å²) in [6, 6.07) is 7.28. The van der Waals surface area contributed by atoms with E-state index >= 15 is 0 Å². The number of carbonyl (C=O) groups excluding carboxylic acids is 1. The van der Waals surface area contributed by atoms with E-state index in [0.717, 1.165) is 31.4 Å². The third-order valence-corrected chi connectivity index (χ3v) is 3.67. The number of benzene rings is 1. The number of hydrogen-bond donors (Lipinski definition) is 0. The van der Waals surface area contributed by atoms with Gasteiger partial charge in [0, 0.05) is 5.02 Å². The molecule has 1 heterocycles. The second kappa shape index (κ2) is 10.5. The zero-order valence-corrected chi connectivity index (χ0v) is 15.5. The molecule has 1 unspecified atom stereocenters. The van der Waals surface area contributed by atoms with Gasteiger partial charge in [-0.1, -0.05) is 30.9 Å². The van der Waals surface area contributed by atoms with Crippen LogP contribution in [0.2, 0.25) is 5.02 Å². The molecule has 0 bridgehead atoms. The summed E-state index contributed by atoms with van der Waals surface area (Å²) in [5.74, 6) is -0.264. The van der Waals surface area contributed by atoms with Crippen LogP contribution in [0, 0.1) is 0 Å². The number of aliphatic carboxylic acids is 1. The minimum atomic E-state index is -1.08. The maximum Gasteiger partial charge on any atom is 1.00 e. The Morgan fingerprint density at radius 3 is 2.36 bits per heavy atom.